The summed E-state index contributed by atoms with van der Waals surface area (Å²) in [5.74, 6) is 2.46. The predicted octanol–water partition coefficient (Wildman–Crippen LogP) is 4.47. The van der Waals surface area contributed by atoms with Gasteiger partial charge in [-0.05, 0) is 30.8 Å². The smallest absolute Gasteiger partial charge is 0.00205 e. The van der Waals surface area contributed by atoms with Crippen LogP contribution in [0.1, 0.15) is 66.7 Å². The SMILES string of the molecule is CCCCCCC(C)C(C)CNCC(C)C. The molecule has 0 heterocycles. The predicted molar refractivity (Wildman–Crippen MR) is 74.8 cm³/mol. The number of nitrogens with one attached hydrogen (secondary N) is 1. The number of hydrogen-bond donors (Lipinski definition) is 1. The van der Waals surface area contributed by atoms with Crippen LogP contribution in [0.4, 0.5) is 0 Å². The molecule has 0 rings (SSSR count). The summed E-state index contributed by atoms with van der Waals surface area (Å²) in [6.45, 7) is 14.0. The van der Waals surface area contributed by atoms with Crippen molar-refractivity contribution >= 4 is 0 Å². The lowest BCUT2D eigenvalue weighted by atomic mass is 9.90. The van der Waals surface area contributed by atoms with E-state index < -0.39 is 0 Å². The molecule has 0 aliphatic heterocycles. The van der Waals surface area contributed by atoms with E-state index in [1.165, 1.54) is 38.6 Å². The van der Waals surface area contributed by atoms with Crippen molar-refractivity contribution in [3.8, 4) is 0 Å². The van der Waals surface area contributed by atoms with Crippen LogP contribution in [0.25, 0.3) is 0 Å². The minimum Gasteiger partial charge on any atom is -0.316 e. The second-order valence-electron chi connectivity index (χ2n) is 5.86. The molecule has 0 aromatic rings. The fraction of sp³-hybridized carbons (Fsp3) is 1.00. The molecule has 0 spiro atoms. The lowest BCUT2D eigenvalue weighted by Crippen LogP contribution is -2.28. The largest absolute Gasteiger partial charge is 0.316 e. The molecule has 1 N–H and O–H groups in total. The van der Waals surface area contributed by atoms with Crippen molar-refractivity contribution in [1.82, 2.24) is 5.32 Å². The van der Waals surface area contributed by atoms with Gasteiger partial charge < -0.3 is 5.32 Å². The van der Waals surface area contributed by atoms with Crippen molar-refractivity contribution in [2.24, 2.45) is 17.8 Å². The number of hydrogen-bond acceptors (Lipinski definition) is 1. The van der Waals surface area contributed by atoms with E-state index in [1.807, 2.05) is 0 Å². The van der Waals surface area contributed by atoms with Gasteiger partial charge in [0.05, 0.1) is 0 Å². The molecule has 0 saturated heterocycles. The van der Waals surface area contributed by atoms with Crippen molar-refractivity contribution < 1.29 is 0 Å². The van der Waals surface area contributed by atoms with Crippen LogP contribution < -0.4 is 5.32 Å². The Morgan fingerprint density at radius 2 is 1.50 bits per heavy atom. The summed E-state index contributed by atoms with van der Waals surface area (Å²) >= 11 is 0. The Labute approximate surface area is 103 Å². The molecule has 16 heavy (non-hydrogen) atoms. The molecule has 0 aliphatic carbocycles. The lowest BCUT2D eigenvalue weighted by Gasteiger charge is -2.21. The van der Waals surface area contributed by atoms with Crippen LogP contribution in [0.3, 0.4) is 0 Å². The Morgan fingerprint density at radius 1 is 0.812 bits per heavy atom. The molecule has 0 aromatic heterocycles. The topological polar surface area (TPSA) is 12.0 Å². The van der Waals surface area contributed by atoms with Crippen LogP contribution in [-0.2, 0) is 0 Å². The second kappa shape index (κ2) is 10.1. The maximum Gasteiger partial charge on any atom is -0.00205 e. The quantitative estimate of drug-likeness (QED) is 0.543. The highest BCUT2D eigenvalue weighted by atomic mass is 14.9. The Morgan fingerprint density at radius 3 is 2.06 bits per heavy atom. The van der Waals surface area contributed by atoms with Crippen LogP contribution in [0.2, 0.25) is 0 Å². The third kappa shape index (κ3) is 9.21. The van der Waals surface area contributed by atoms with E-state index in [0.29, 0.717) is 0 Å². The van der Waals surface area contributed by atoms with E-state index in [9.17, 15) is 0 Å². The molecular formula is C15H33N. The zero-order chi connectivity index (χ0) is 12.4. The number of unbranched alkanes of at least 4 members (excludes halogenated alkanes) is 3. The Kier molecular flexibility index (Phi) is 10.1. The van der Waals surface area contributed by atoms with Gasteiger partial charge in [-0.1, -0.05) is 66.7 Å². The minimum atomic E-state index is 0.770. The maximum atomic E-state index is 3.57. The highest BCUT2D eigenvalue weighted by Crippen LogP contribution is 2.18. The summed E-state index contributed by atoms with van der Waals surface area (Å²) in [5, 5.41) is 3.57. The van der Waals surface area contributed by atoms with Gasteiger partial charge in [0.15, 0.2) is 0 Å². The summed E-state index contributed by atoms with van der Waals surface area (Å²) in [7, 11) is 0. The van der Waals surface area contributed by atoms with Crippen LogP contribution in [0.15, 0.2) is 0 Å². The van der Waals surface area contributed by atoms with Crippen LogP contribution in [-0.4, -0.2) is 13.1 Å². The van der Waals surface area contributed by atoms with Gasteiger partial charge in [-0.3, -0.25) is 0 Å². The Bertz CT molecular complexity index is 142. The molecule has 0 saturated carbocycles. The Balaban J connectivity index is 3.45. The average Bonchev–Trinajstić information content (AvgIpc) is 2.23. The second-order valence-corrected chi connectivity index (χ2v) is 5.86. The van der Waals surface area contributed by atoms with Gasteiger partial charge in [0.25, 0.3) is 0 Å². The standard InChI is InChI=1S/C15H33N/c1-6-7-8-9-10-14(4)15(5)12-16-11-13(2)3/h13-16H,6-12H2,1-5H3. The first-order valence-electron chi connectivity index (χ1n) is 7.28. The third-order valence-corrected chi connectivity index (χ3v) is 3.50. The summed E-state index contributed by atoms with van der Waals surface area (Å²) in [6.07, 6.45) is 7.01. The first-order chi connectivity index (χ1) is 7.57. The van der Waals surface area contributed by atoms with Crippen molar-refractivity contribution in [2.75, 3.05) is 13.1 Å². The third-order valence-electron chi connectivity index (χ3n) is 3.50. The van der Waals surface area contributed by atoms with Gasteiger partial charge in [-0.15, -0.1) is 0 Å². The molecule has 0 radical (unpaired) electrons. The van der Waals surface area contributed by atoms with E-state index >= 15 is 0 Å². The zero-order valence-electron chi connectivity index (χ0n) is 12.2. The lowest BCUT2D eigenvalue weighted by molar-refractivity contribution is 0.331. The molecule has 1 nitrogen and oxygen atoms in total. The summed E-state index contributed by atoms with van der Waals surface area (Å²) in [5.41, 5.74) is 0. The van der Waals surface area contributed by atoms with E-state index in [1.54, 1.807) is 0 Å². The Hall–Kier alpha value is -0.0400. The summed E-state index contributed by atoms with van der Waals surface area (Å²) in [4.78, 5) is 0. The molecular weight excluding hydrogens is 194 g/mol. The van der Waals surface area contributed by atoms with Crippen molar-refractivity contribution in [3.63, 3.8) is 0 Å². The number of rotatable bonds is 10. The van der Waals surface area contributed by atoms with Gasteiger partial charge in [0, 0.05) is 0 Å². The molecule has 1 heteroatoms. The van der Waals surface area contributed by atoms with Gasteiger partial charge in [0.1, 0.15) is 0 Å². The average molecular weight is 227 g/mol. The van der Waals surface area contributed by atoms with Crippen molar-refractivity contribution in [3.05, 3.63) is 0 Å². The van der Waals surface area contributed by atoms with E-state index in [2.05, 4.69) is 39.9 Å². The van der Waals surface area contributed by atoms with E-state index in [4.69, 9.17) is 0 Å². The van der Waals surface area contributed by atoms with Gasteiger partial charge in [0.2, 0.25) is 0 Å². The monoisotopic (exact) mass is 227 g/mol. The molecule has 0 aromatic carbocycles. The van der Waals surface area contributed by atoms with Gasteiger partial charge >= 0.3 is 0 Å². The molecule has 0 bridgehead atoms. The highest BCUT2D eigenvalue weighted by molar-refractivity contribution is 4.65. The molecule has 2 atom stereocenters. The molecule has 0 aliphatic rings. The summed E-state index contributed by atoms with van der Waals surface area (Å²) < 4.78 is 0. The van der Waals surface area contributed by atoms with E-state index in [0.717, 1.165) is 24.3 Å². The normalized spacial score (nSPS) is 15.4. The van der Waals surface area contributed by atoms with Gasteiger partial charge in [-0.25, -0.2) is 0 Å². The molecule has 2 unspecified atom stereocenters. The first-order valence-corrected chi connectivity index (χ1v) is 7.28. The van der Waals surface area contributed by atoms with Crippen molar-refractivity contribution in [1.29, 1.82) is 0 Å². The molecule has 98 valence electrons. The molecule has 0 fully saturated rings. The van der Waals surface area contributed by atoms with E-state index in [-0.39, 0.29) is 0 Å². The van der Waals surface area contributed by atoms with Gasteiger partial charge in [-0.2, -0.15) is 0 Å². The maximum absolute atomic E-state index is 3.57. The summed E-state index contributed by atoms with van der Waals surface area (Å²) in [6, 6.07) is 0. The fourth-order valence-corrected chi connectivity index (χ4v) is 1.98. The van der Waals surface area contributed by atoms with Crippen LogP contribution in [0.5, 0.6) is 0 Å². The fourth-order valence-electron chi connectivity index (χ4n) is 1.98. The first kappa shape index (κ1) is 16.0. The van der Waals surface area contributed by atoms with Crippen molar-refractivity contribution in [2.45, 2.75) is 66.7 Å². The van der Waals surface area contributed by atoms with Crippen LogP contribution >= 0.6 is 0 Å². The highest BCUT2D eigenvalue weighted by Gasteiger charge is 2.11. The zero-order valence-corrected chi connectivity index (χ0v) is 12.2. The molecule has 0 amide bonds. The minimum absolute atomic E-state index is 0.770. The van der Waals surface area contributed by atoms with Crippen LogP contribution in [0, 0.1) is 17.8 Å².